The van der Waals surface area contributed by atoms with Crippen LogP contribution in [0.5, 0.6) is 11.5 Å². The maximum atomic E-state index is 13.3. The van der Waals surface area contributed by atoms with Crippen LogP contribution >= 0.6 is 0 Å². The fraction of sp³-hybridized carbons (Fsp3) is 0.333. The molecule has 0 saturated heterocycles. The lowest BCUT2D eigenvalue weighted by Crippen LogP contribution is -2.35. The first-order valence-corrected chi connectivity index (χ1v) is 10.0. The summed E-state index contributed by atoms with van der Waals surface area (Å²) in [6.45, 7) is 8.56. The van der Waals surface area contributed by atoms with Gasteiger partial charge in [0.15, 0.2) is 12.4 Å². The number of carbonyl (C=O) groups excluding carboxylic acids is 1. The van der Waals surface area contributed by atoms with E-state index in [9.17, 15) is 9.59 Å². The molecule has 0 spiro atoms. The molecular weight excluding hydrogens is 382 g/mol. The Bertz CT molecular complexity index is 1110. The molecule has 0 bridgehead atoms. The molecule has 3 rings (SSSR count). The maximum Gasteiger partial charge on any atom is 0.260 e. The normalized spacial score (nSPS) is 10.8. The van der Waals surface area contributed by atoms with Crippen molar-refractivity contribution in [1.82, 2.24) is 4.90 Å². The van der Waals surface area contributed by atoms with Crippen LogP contribution in [-0.4, -0.2) is 37.6 Å². The third-order valence-electron chi connectivity index (χ3n) is 5.09. The number of ether oxygens (including phenoxy) is 2. The van der Waals surface area contributed by atoms with Crippen LogP contribution < -0.4 is 14.9 Å². The van der Waals surface area contributed by atoms with Gasteiger partial charge in [0, 0.05) is 18.7 Å². The first kappa shape index (κ1) is 21.4. The second-order valence-electron chi connectivity index (χ2n) is 7.13. The van der Waals surface area contributed by atoms with Crippen LogP contribution in [0.25, 0.3) is 22.3 Å². The van der Waals surface area contributed by atoms with E-state index in [1.807, 2.05) is 33.8 Å². The van der Waals surface area contributed by atoms with Crippen LogP contribution in [0.1, 0.15) is 25.0 Å². The Balaban J connectivity index is 2.15. The molecule has 30 heavy (non-hydrogen) atoms. The molecule has 0 aliphatic heterocycles. The van der Waals surface area contributed by atoms with Gasteiger partial charge in [-0.1, -0.05) is 6.07 Å². The number of hydrogen-bond acceptors (Lipinski definition) is 5. The summed E-state index contributed by atoms with van der Waals surface area (Å²) in [7, 11) is 1.59. The highest BCUT2D eigenvalue weighted by Gasteiger charge is 2.21. The van der Waals surface area contributed by atoms with Gasteiger partial charge in [-0.3, -0.25) is 9.59 Å². The summed E-state index contributed by atoms with van der Waals surface area (Å²) in [5.41, 5.74) is 2.71. The summed E-state index contributed by atoms with van der Waals surface area (Å²) >= 11 is 0. The van der Waals surface area contributed by atoms with E-state index in [4.69, 9.17) is 13.9 Å². The minimum Gasteiger partial charge on any atom is -0.497 e. The van der Waals surface area contributed by atoms with Crippen LogP contribution in [0.3, 0.4) is 0 Å². The van der Waals surface area contributed by atoms with Crippen LogP contribution in [-0.2, 0) is 4.79 Å². The molecular formula is C24H27NO5. The van der Waals surface area contributed by atoms with Gasteiger partial charge in [-0.15, -0.1) is 0 Å². The monoisotopic (exact) mass is 409 g/mol. The largest absolute Gasteiger partial charge is 0.497 e. The number of aryl methyl sites for hydroxylation is 2. The van der Waals surface area contributed by atoms with Crippen molar-refractivity contribution in [2.24, 2.45) is 0 Å². The van der Waals surface area contributed by atoms with Crippen LogP contribution in [0.4, 0.5) is 0 Å². The van der Waals surface area contributed by atoms with Crippen LogP contribution in [0, 0.1) is 13.8 Å². The zero-order chi connectivity index (χ0) is 21.8. The van der Waals surface area contributed by atoms with Crippen molar-refractivity contribution >= 4 is 16.9 Å². The van der Waals surface area contributed by atoms with Gasteiger partial charge in [0.25, 0.3) is 5.91 Å². The van der Waals surface area contributed by atoms with Crippen molar-refractivity contribution in [3.8, 4) is 22.8 Å². The first-order valence-electron chi connectivity index (χ1n) is 10.0. The number of fused-ring (bicyclic) bond motifs is 1. The third kappa shape index (κ3) is 4.17. The zero-order valence-corrected chi connectivity index (χ0v) is 18.1. The number of rotatable bonds is 7. The molecule has 0 atom stereocenters. The lowest BCUT2D eigenvalue weighted by Gasteiger charge is -2.19. The number of hydrogen-bond donors (Lipinski definition) is 0. The molecule has 0 aliphatic carbocycles. The van der Waals surface area contributed by atoms with Crippen molar-refractivity contribution in [2.75, 3.05) is 26.8 Å². The molecule has 158 valence electrons. The van der Waals surface area contributed by atoms with Gasteiger partial charge in [0.2, 0.25) is 11.2 Å². The van der Waals surface area contributed by atoms with E-state index in [1.165, 1.54) is 0 Å². The van der Waals surface area contributed by atoms with E-state index in [0.717, 1.165) is 11.1 Å². The van der Waals surface area contributed by atoms with Gasteiger partial charge in [-0.25, -0.2) is 0 Å². The summed E-state index contributed by atoms with van der Waals surface area (Å²) in [4.78, 5) is 27.4. The van der Waals surface area contributed by atoms with E-state index in [0.29, 0.717) is 41.1 Å². The molecule has 0 unspecified atom stereocenters. The molecule has 0 N–H and O–H groups in total. The van der Waals surface area contributed by atoms with E-state index in [2.05, 4.69) is 0 Å². The topological polar surface area (TPSA) is 69.0 Å². The standard InChI is InChI=1S/C24H27NO5/c1-6-25(7-2)20(26)14-29-24-21(27)19-13-15(3)12-16(4)22(19)30-23(24)17-8-10-18(28-5)11-9-17/h8-13H,6-7,14H2,1-5H3. The minimum absolute atomic E-state index is 0.0400. The Hall–Kier alpha value is -3.28. The van der Waals surface area contributed by atoms with Crippen molar-refractivity contribution in [3.63, 3.8) is 0 Å². The predicted octanol–water partition coefficient (Wildman–Crippen LogP) is 4.33. The fourth-order valence-corrected chi connectivity index (χ4v) is 3.50. The maximum absolute atomic E-state index is 13.3. The minimum atomic E-state index is -0.291. The molecule has 1 amide bonds. The Morgan fingerprint density at radius 3 is 2.33 bits per heavy atom. The fourth-order valence-electron chi connectivity index (χ4n) is 3.50. The second kappa shape index (κ2) is 9.03. The van der Waals surface area contributed by atoms with Gasteiger partial charge in [-0.2, -0.15) is 0 Å². The lowest BCUT2D eigenvalue weighted by atomic mass is 10.1. The number of carbonyl (C=O) groups is 1. The lowest BCUT2D eigenvalue weighted by molar-refractivity contribution is -0.132. The number of amides is 1. The summed E-state index contributed by atoms with van der Waals surface area (Å²) in [6.07, 6.45) is 0. The van der Waals surface area contributed by atoms with Crippen molar-refractivity contribution < 1.29 is 18.7 Å². The quantitative estimate of drug-likeness (QED) is 0.581. The number of benzene rings is 2. The highest BCUT2D eigenvalue weighted by Crippen LogP contribution is 2.33. The van der Waals surface area contributed by atoms with Gasteiger partial charge >= 0.3 is 0 Å². The molecule has 0 fully saturated rings. The van der Waals surface area contributed by atoms with Crippen molar-refractivity contribution in [1.29, 1.82) is 0 Å². The SMILES string of the molecule is CCN(CC)C(=O)COc1c(-c2ccc(OC)cc2)oc2c(C)cc(C)cc2c1=O. The highest BCUT2D eigenvalue weighted by molar-refractivity contribution is 5.85. The molecule has 0 saturated carbocycles. The molecule has 2 aromatic carbocycles. The molecule has 6 heteroatoms. The Morgan fingerprint density at radius 1 is 1.07 bits per heavy atom. The van der Waals surface area contributed by atoms with Crippen LogP contribution in [0.2, 0.25) is 0 Å². The van der Waals surface area contributed by atoms with Gasteiger partial charge in [0.05, 0.1) is 12.5 Å². The predicted molar refractivity (Wildman–Crippen MR) is 117 cm³/mol. The van der Waals surface area contributed by atoms with E-state index in [1.54, 1.807) is 42.3 Å². The number of nitrogens with zero attached hydrogens (tertiary/aromatic N) is 1. The third-order valence-corrected chi connectivity index (χ3v) is 5.09. The summed E-state index contributed by atoms with van der Waals surface area (Å²) in [5, 5.41) is 0.440. The molecule has 0 aliphatic rings. The van der Waals surface area contributed by atoms with Gasteiger partial charge in [0.1, 0.15) is 11.3 Å². The summed E-state index contributed by atoms with van der Waals surface area (Å²) < 4.78 is 17.2. The zero-order valence-electron chi connectivity index (χ0n) is 18.1. The Kier molecular flexibility index (Phi) is 6.45. The Labute approximate surface area is 176 Å². The van der Waals surface area contributed by atoms with E-state index < -0.39 is 0 Å². The highest BCUT2D eigenvalue weighted by atomic mass is 16.5. The Morgan fingerprint density at radius 2 is 1.73 bits per heavy atom. The molecule has 1 aromatic heterocycles. The van der Waals surface area contributed by atoms with Gasteiger partial charge in [-0.05, 0) is 69.2 Å². The van der Waals surface area contributed by atoms with Crippen molar-refractivity contribution in [3.05, 3.63) is 57.7 Å². The average molecular weight is 409 g/mol. The molecule has 1 heterocycles. The molecule has 3 aromatic rings. The summed E-state index contributed by atoms with van der Waals surface area (Å²) in [6, 6.07) is 10.9. The smallest absolute Gasteiger partial charge is 0.260 e. The van der Waals surface area contributed by atoms with Crippen LogP contribution in [0.15, 0.2) is 45.6 Å². The average Bonchev–Trinajstić information content (AvgIpc) is 2.74. The van der Waals surface area contributed by atoms with E-state index >= 15 is 0 Å². The van der Waals surface area contributed by atoms with Crippen molar-refractivity contribution in [2.45, 2.75) is 27.7 Å². The van der Waals surface area contributed by atoms with E-state index in [-0.39, 0.29) is 23.7 Å². The summed E-state index contributed by atoms with van der Waals surface area (Å²) in [5.74, 6) is 0.848. The second-order valence-corrected chi connectivity index (χ2v) is 7.13. The first-order chi connectivity index (χ1) is 14.4. The molecule has 0 radical (unpaired) electrons. The number of likely N-dealkylation sites (N-methyl/N-ethyl adjacent to an activating group) is 1. The molecule has 6 nitrogen and oxygen atoms in total. The number of methoxy groups -OCH3 is 1. The van der Waals surface area contributed by atoms with Gasteiger partial charge < -0.3 is 18.8 Å².